The average Bonchev–Trinajstić information content (AvgIpc) is 2.46. The summed E-state index contributed by atoms with van der Waals surface area (Å²) in [5.41, 5.74) is 0.633. The van der Waals surface area contributed by atoms with Crippen molar-refractivity contribution in [3.05, 3.63) is 33.8 Å². The van der Waals surface area contributed by atoms with Crippen LogP contribution in [0.4, 0.5) is 0 Å². The maximum Gasteiger partial charge on any atom is 0.242 e. The average molecular weight is 501 g/mol. The van der Waals surface area contributed by atoms with E-state index in [4.69, 9.17) is 23.2 Å². The van der Waals surface area contributed by atoms with Crippen LogP contribution in [0.25, 0.3) is 0 Å². The molecule has 0 spiro atoms. The van der Waals surface area contributed by atoms with E-state index in [-0.39, 0.29) is 42.0 Å². The minimum atomic E-state index is -0.265. The fourth-order valence-corrected chi connectivity index (χ4v) is 2.61. The summed E-state index contributed by atoms with van der Waals surface area (Å²) in [5.74, 6) is 0.471. The van der Waals surface area contributed by atoms with Crippen LogP contribution >= 0.6 is 47.2 Å². The molecule has 0 bridgehead atoms. The van der Waals surface area contributed by atoms with Crippen LogP contribution in [-0.4, -0.2) is 37.0 Å². The summed E-state index contributed by atoms with van der Waals surface area (Å²) in [5, 5.41) is 10.5. The van der Waals surface area contributed by atoms with Gasteiger partial charge in [-0.2, -0.15) is 0 Å². The molecule has 3 N–H and O–H groups in total. The fraction of sp³-hybridized carbons (Fsp3) is 0.529. The largest absolute Gasteiger partial charge is 0.357 e. The van der Waals surface area contributed by atoms with Crippen LogP contribution in [0.5, 0.6) is 0 Å². The number of aliphatic imine (C=N–C) groups is 1. The number of nitrogens with zero attached hydrogens (tertiary/aromatic N) is 1. The van der Waals surface area contributed by atoms with Crippen molar-refractivity contribution in [2.24, 2.45) is 4.99 Å². The monoisotopic (exact) mass is 500 g/mol. The maximum atomic E-state index is 11.8. The van der Waals surface area contributed by atoms with E-state index in [2.05, 4.69) is 20.9 Å². The molecule has 0 aliphatic rings. The number of rotatable bonds is 6. The van der Waals surface area contributed by atoms with Gasteiger partial charge in [0.25, 0.3) is 0 Å². The van der Waals surface area contributed by atoms with E-state index in [1.165, 1.54) is 0 Å². The van der Waals surface area contributed by atoms with Gasteiger partial charge in [-0.05, 0) is 51.8 Å². The van der Waals surface area contributed by atoms with Crippen molar-refractivity contribution in [2.75, 3.05) is 19.6 Å². The first kappa shape index (κ1) is 24.3. The van der Waals surface area contributed by atoms with Gasteiger partial charge in [0.2, 0.25) is 5.91 Å². The van der Waals surface area contributed by atoms with E-state index in [9.17, 15) is 4.79 Å². The van der Waals surface area contributed by atoms with Crippen molar-refractivity contribution in [3.63, 3.8) is 0 Å². The van der Waals surface area contributed by atoms with Gasteiger partial charge in [0.15, 0.2) is 5.96 Å². The van der Waals surface area contributed by atoms with Crippen LogP contribution in [0.3, 0.4) is 0 Å². The molecule has 1 aromatic carbocycles. The number of carbonyl (C=O) groups excluding carboxylic acids is 1. The Bertz CT molecular complexity index is 568. The summed E-state index contributed by atoms with van der Waals surface area (Å²) < 4.78 is 0. The lowest BCUT2D eigenvalue weighted by molar-refractivity contribution is -0.121. The SMILES string of the molecule is CCNC(=NCC(=O)NC(C)(C)C)NCCc1c(Cl)cccc1Cl.I. The predicted molar refractivity (Wildman–Crippen MR) is 117 cm³/mol. The zero-order valence-corrected chi connectivity index (χ0v) is 18.9. The van der Waals surface area contributed by atoms with Gasteiger partial charge in [-0.25, -0.2) is 4.99 Å². The van der Waals surface area contributed by atoms with Gasteiger partial charge >= 0.3 is 0 Å². The molecule has 8 heteroatoms. The molecular weight excluding hydrogens is 474 g/mol. The molecule has 0 fully saturated rings. The Labute approximate surface area is 177 Å². The standard InChI is InChI=1S/C17H26Cl2N4O.HI/c1-5-20-16(22-11-15(24)23-17(2,3)4)21-10-9-12-13(18)7-6-8-14(12)19;/h6-8H,5,9-11H2,1-4H3,(H,23,24)(H2,20,21,22);1H. The molecule has 0 aromatic heterocycles. The first-order valence-electron chi connectivity index (χ1n) is 7.99. The van der Waals surface area contributed by atoms with E-state index in [1.54, 1.807) is 0 Å². The van der Waals surface area contributed by atoms with Crippen LogP contribution in [0, 0.1) is 0 Å². The third kappa shape index (κ3) is 10.1. The summed E-state index contributed by atoms with van der Waals surface area (Å²) in [6, 6.07) is 5.46. The van der Waals surface area contributed by atoms with Crippen LogP contribution in [-0.2, 0) is 11.2 Å². The molecule has 1 rings (SSSR count). The van der Waals surface area contributed by atoms with Gasteiger partial charge in [-0.1, -0.05) is 29.3 Å². The lowest BCUT2D eigenvalue weighted by Gasteiger charge is -2.20. The van der Waals surface area contributed by atoms with Crippen molar-refractivity contribution in [1.82, 2.24) is 16.0 Å². The fourth-order valence-electron chi connectivity index (χ4n) is 2.03. The van der Waals surface area contributed by atoms with E-state index >= 15 is 0 Å². The van der Waals surface area contributed by atoms with Crippen molar-refractivity contribution in [2.45, 2.75) is 39.7 Å². The summed E-state index contributed by atoms with van der Waals surface area (Å²) in [6.07, 6.45) is 0.664. The molecule has 0 unspecified atom stereocenters. The molecule has 0 saturated heterocycles. The van der Waals surface area contributed by atoms with Gasteiger partial charge in [-0.3, -0.25) is 4.79 Å². The Morgan fingerprint density at radius 3 is 2.28 bits per heavy atom. The van der Waals surface area contributed by atoms with Crippen molar-refractivity contribution in [3.8, 4) is 0 Å². The molecule has 0 aliphatic heterocycles. The normalized spacial score (nSPS) is 11.5. The van der Waals surface area contributed by atoms with E-state index in [0.717, 1.165) is 5.56 Å². The molecule has 1 aromatic rings. The topological polar surface area (TPSA) is 65.5 Å². The minimum Gasteiger partial charge on any atom is -0.357 e. The summed E-state index contributed by atoms with van der Waals surface area (Å²) in [4.78, 5) is 16.1. The van der Waals surface area contributed by atoms with Crippen LogP contribution < -0.4 is 16.0 Å². The smallest absolute Gasteiger partial charge is 0.242 e. The second kappa shape index (κ2) is 11.8. The van der Waals surface area contributed by atoms with Crippen molar-refractivity contribution >= 4 is 59.0 Å². The molecule has 0 atom stereocenters. The highest BCUT2D eigenvalue weighted by Crippen LogP contribution is 2.24. The molecule has 0 radical (unpaired) electrons. The Morgan fingerprint density at radius 2 is 1.76 bits per heavy atom. The molecule has 0 saturated carbocycles. The lowest BCUT2D eigenvalue weighted by Crippen LogP contribution is -2.43. The van der Waals surface area contributed by atoms with Gasteiger partial charge in [0.1, 0.15) is 6.54 Å². The Balaban J connectivity index is 0.00000576. The zero-order chi connectivity index (χ0) is 18.2. The van der Waals surface area contributed by atoms with Crippen molar-refractivity contribution < 1.29 is 4.79 Å². The molecular formula is C17H27Cl2IN4O. The van der Waals surface area contributed by atoms with Crippen LogP contribution in [0.2, 0.25) is 10.0 Å². The maximum absolute atomic E-state index is 11.8. The Kier molecular flexibility index (Phi) is 11.5. The molecule has 5 nitrogen and oxygen atoms in total. The number of hydrogen-bond donors (Lipinski definition) is 3. The summed E-state index contributed by atoms with van der Waals surface area (Å²) in [6.45, 7) is 9.16. The number of hydrogen-bond acceptors (Lipinski definition) is 2. The van der Waals surface area contributed by atoms with Crippen LogP contribution in [0.15, 0.2) is 23.2 Å². The summed E-state index contributed by atoms with van der Waals surface area (Å²) in [7, 11) is 0. The molecule has 0 aliphatic carbocycles. The number of carbonyl (C=O) groups is 1. The van der Waals surface area contributed by atoms with Crippen LogP contribution in [0.1, 0.15) is 33.3 Å². The van der Waals surface area contributed by atoms with Gasteiger partial charge in [-0.15, -0.1) is 24.0 Å². The van der Waals surface area contributed by atoms with E-state index in [0.29, 0.717) is 35.5 Å². The first-order valence-corrected chi connectivity index (χ1v) is 8.74. The summed E-state index contributed by atoms with van der Waals surface area (Å²) >= 11 is 12.3. The van der Waals surface area contributed by atoms with Crippen molar-refractivity contribution in [1.29, 1.82) is 0 Å². The van der Waals surface area contributed by atoms with E-state index < -0.39 is 0 Å². The van der Waals surface area contributed by atoms with Gasteiger partial charge in [0.05, 0.1) is 0 Å². The highest BCUT2D eigenvalue weighted by atomic mass is 127. The molecule has 25 heavy (non-hydrogen) atoms. The molecule has 142 valence electrons. The number of amides is 1. The number of guanidine groups is 1. The van der Waals surface area contributed by atoms with E-state index in [1.807, 2.05) is 45.9 Å². The molecule has 0 heterocycles. The quantitative estimate of drug-likeness (QED) is 0.317. The Morgan fingerprint density at radius 1 is 1.16 bits per heavy atom. The van der Waals surface area contributed by atoms with Gasteiger partial charge < -0.3 is 16.0 Å². The second-order valence-corrected chi connectivity index (χ2v) is 7.18. The third-order valence-electron chi connectivity index (χ3n) is 2.97. The first-order chi connectivity index (χ1) is 11.2. The lowest BCUT2D eigenvalue weighted by atomic mass is 10.1. The molecule has 1 amide bonds. The highest BCUT2D eigenvalue weighted by Gasteiger charge is 2.13. The second-order valence-electron chi connectivity index (χ2n) is 6.37. The number of halogens is 3. The number of benzene rings is 1. The zero-order valence-electron chi connectivity index (χ0n) is 15.1. The Hall–Kier alpha value is -0.730. The highest BCUT2D eigenvalue weighted by molar-refractivity contribution is 14.0. The minimum absolute atomic E-state index is 0. The third-order valence-corrected chi connectivity index (χ3v) is 3.68. The predicted octanol–water partition coefficient (Wildman–Crippen LogP) is 3.62. The van der Waals surface area contributed by atoms with Gasteiger partial charge in [0, 0.05) is 28.7 Å². The number of nitrogens with one attached hydrogen (secondary N) is 3.